The minimum Gasteiger partial charge on any atom is -0.506 e. The largest absolute Gasteiger partial charge is 0.506 e. The third-order valence-electron chi connectivity index (χ3n) is 2.35. The molecule has 0 aromatic carbocycles. The van der Waals surface area contributed by atoms with Crippen molar-refractivity contribution in [3.63, 3.8) is 0 Å². The Morgan fingerprint density at radius 2 is 2.12 bits per heavy atom. The zero-order valence-corrected chi connectivity index (χ0v) is 10.2. The number of carbonyl (C=O) groups excluding carboxylic acids is 1. The van der Waals surface area contributed by atoms with Crippen LogP contribution in [0.25, 0.3) is 0 Å². The molecule has 1 rings (SSSR count). The molecule has 4 heteroatoms. The van der Waals surface area contributed by atoms with Gasteiger partial charge in [0.2, 0.25) is 5.91 Å². The quantitative estimate of drug-likeness (QED) is 0.847. The van der Waals surface area contributed by atoms with Crippen molar-refractivity contribution in [3.8, 4) is 5.75 Å². The standard InChI is InChI=1S/C12H18N2O2/c1-8(2)12(16)14(4)7-10-11(15)6-5-9(3)13-10/h5-6,8,15H,7H2,1-4H3. The molecule has 0 radical (unpaired) electrons. The van der Waals surface area contributed by atoms with Gasteiger partial charge in [-0.3, -0.25) is 9.78 Å². The molecule has 0 bridgehead atoms. The van der Waals surface area contributed by atoms with Gasteiger partial charge in [0.1, 0.15) is 11.4 Å². The van der Waals surface area contributed by atoms with E-state index in [1.54, 1.807) is 24.1 Å². The molecule has 1 aromatic rings. The number of rotatable bonds is 3. The summed E-state index contributed by atoms with van der Waals surface area (Å²) in [5.41, 5.74) is 1.37. The van der Waals surface area contributed by atoms with Crippen molar-refractivity contribution in [2.45, 2.75) is 27.3 Å². The van der Waals surface area contributed by atoms with Gasteiger partial charge in [-0.2, -0.15) is 0 Å². The Labute approximate surface area is 95.9 Å². The molecule has 0 saturated carbocycles. The van der Waals surface area contributed by atoms with E-state index in [9.17, 15) is 9.90 Å². The molecular weight excluding hydrogens is 204 g/mol. The van der Waals surface area contributed by atoms with E-state index >= 15 is 0 Å². The van der Waals surface area contributed by atoms with Gasteiger partial charge in [0, 0.05) is 18.7 Å². The van der Waals surface area contributed by atoms with Gasteiger partial charge in [-0.15, -0.1) is 0 Å². The lowest BCUT2D eigenvalue weighted by atomic mass is 10.2. The summed E-state index contributed by atoms with van der Waals surface area (Å²) in [5.74, 6) is 0.133. The zero-order valence-electron chi connectivity index (χ0n) is 10.2. The molecule has 1 heterocycles. The predicted molar refractivity (Wildman–Crippen MR) is 62.0 cm³/mol. The Morgan fingerprint density at radius 3 is 2.69 bits per heavy atom. The molecule has 0 spiro atoms. The van der Waals surface area contributed by atoms with E-state index in [4.69, 9.17) is 0 Å². The first-order chi connectivity index (χ1) is 7.41. The Hall–Kier alpha value is -1.58. The van der Waals surface area contributed by atoms with Gasteiger partial charge in [-0.25, -0.2) is 0 Å². The first-order valence-corrected chi connectivity index (χ1v) is 5.32. The van der Waals surface area contributed by atoms with Gasteiger partial charge in [0.15, 0.2) is 0 Å². The maximum Gasteiger partial charge on any atom is 0.225 e. The van der Waals surface area contributed by atoms with Crippen molar-refractivity contribution in [2.75, 3.05) is 7.05 Å². The molecule has 0 fully saturated rings. The predicted octanol–water partition coefficient (Wildman–Crippen LogP) is 1.71. The van der Waals surface area contributed by atoms with Crippen LogP contribution in [0.3, 0.4) is 0 Å². The van der Waals surface area contributed by atoms with Gasteiger partial charge in [-0.1, -0.05) is 13.8 Å². The van der Waals surface area contributed by atoms with Crippen LogP contribution >= 0.6 is 0 Å². The highest BCUT2D eigenvalue weighted by atomic mass is 16.3. The van der Waals surface area contributed by atoms with E-state index < -0.39 is 0 Å². The second-order valence-electron chi connectivity index (χ2n) is 4.27. The topological polar surface area (TPSA) is 53.4 Å². The van der Waals surface area contributed by atoms with Crippen molar-refractivity contribution in [1.82, 2.24) is 9.88 Å². The summed E-state index contributed by atoms with van der Waals surface area (Å²) < 4.78 is 0. The summed E-state index contributed by atoms with van der Waals surface area (Å²) in [6, 6.07) is 3.34. The van der Waals surface area contributed by atoms with Crippen LogP contribution in [0.1, 0.15) is 25.2 Å². The third-order valence-corrected chi connectivity index (χ3v) is 2.35. The lowest BCUT2D eigenvalue weighted by Crippen LogP contribution is -2.30. The Morgan fingerprint density at radius 1 is 1.50 bits per heavy atom. The fourth-order valence-corrected chi connectivity index (χ4v) is 1.46. The Kier molecular flexibility index (Phi) is 3.88. The second-order valence-corrected chi connectivity index (χ2v) is 4.27. The van der Waals surface area contributed by atoms with E-state index in [2.05, 4.69) is 4.98 Å². The Balaban J connectivity index is 2.80. The van der Waals surface area contributed by atoms with Gasteiger partial charge in [0.25, 0.3) is 0 Å². The summed E-state index contributed by atoms with van der Waals surface area (Å²) in [6.45, 7) is 5.89. The molecule has 0 atom stereocenters. The van der Waals surface area contributed by atoms with Crippen LogP contribution in [0.5, 0.6) is 5.75 Å². The fraction of sp³-hybridized carbons (Fsp3) is 0.500. The number of hydrogen-bond acceptors (Lipinski definition) is 3. The highest BCUT2D eigenvalue weighted by Gasteiger charge is 2.15. The van der Waals surface area contributed by atoms with Gasteiger partial charge in [0.05, 0.1) is 6.54 Å². The zero-order chi connectivity index (χ0) is 12.3. The summed E-state index contributed by atoms with van der Waals surface area (Å²) >= 11 is 0. The van der Waals surface area contributed by atoms with Crippen LogP contribution in [0.2, 0.25) is 0 Å². The third kappa shape index (κ3) is 2.95. The van der Waals surface area contributed by atoms with Gasteiger partial charge < -0.3 is 10.0 Å². The number of aromatic nitrogens is 1. The minimum atomic E-state index is -0.0445. The second kappa shape index (κ2) is 4.96. The van der Waals surface area contributed by atoms with E-state index in [1.807, 2.05) is 20.8 Å². The Bertz CT molecular complexity index is 389. The van der Waals surface area contributed by atoms with E-state index in [0.717, 1.165) is 5.69 Å². The molecule has 0 aliphatic heterocycles. The fourth-order valence-electron chi connectivity index (χ4n) is 1.46. The lowest BCUT2D eigenvalue weighted by molar-refractivity contribution is -0.133. The molecular formula is C12H18N2O2. The van der Waals surface area contributed by atoms with Crippen molar-refractivity contribution < 1.29 is 9.90 Å². The number of aryl methyl sites for hydroxylation is 1. The number of hydrogen-bond donors (Lipinski definition) is 1. The number of nitrogens with zero attached hydrogens (tertiary/aromatic N) is 2. The molecule has 16 heavy (non-hydrogen) atoms. The molecule has 0 saturated heterocycles. The van der Waals surface area contributed by atoms with Crippen LogP contribution in [0.15, 0.2) is 12.1 Å². The van der Waals surface area contributed by atoms with Crippen LogP contribution in [0, 0.1) is 12.8 Å². The van der Waals surface area contributed by atoms with Crippen LogP contribution < -0.4 is 0 Å². The summed E-state index contributed by atoms with van der Waals surface area (Å²) in [5, 5.41) is 9.60. The van der Waals surface area contributed by atoms with E-state index in [0.29, 0.717) is 12.2 Å². The molecule has 0 aliphatic rings. The van der Waals surface area contributed by atoms with Crippen molar-refractivity contribution in [3.05, 3.63) is 23.5 Å². The summed E-state index contributed by atoms with van der Waals surface area (Å²) in [7, 11) is 1.71. The van der Waals surface area contributed by atoms with Crippen LogP contribution in [-0.4, -0.2) is 27.9 Å². The molecule has 88 valence electrons. The first kappa shape index (κ1) is 12.5. The average Bonchev–Trinajstić information content (AvgIpc) is 2.22. The average molecular weight is 222 g/mol. The molecule has 4 nitrogen and oxygen atoms in total. The van der Waals surface area contributed by atoms with Gasteiger partial charge in [-0.05, 0) is 19.1 Å². The number of carbonyl (C=O) groups is 1. The maximum absolute atomic E-state index is 11.7. The molecule has 1 aromatic heterocycles. The molecule has 1 N–H and O–H groups in total. The summed E-state index contributed by atoms with van der Waals surface area (Å²) in [4.78, 5) is 17.4. The van der Waals surface area contributed by atoms with Crippen LogP contribution in [0.4, 0.5) is 0 Å². The van der Waals surface area contributed by atoms with E-state index in [1.165, 1.54) is 0 Å². The normalized spacial score (nSPS) is 10.6. The molecule has 0 unspecified atom stereocenters. The monoisotopic (exact) mass is 222 g/mol. The van der Waals surface area contributed by atoms with E-state index in [-0.39, 0.29) is 17.6 Å². The minimum absolute atomic E-state index is 0.0442. The molecule has 0 aliphatic carbocycles. The smallest absolute Gasteiger partial charge is 0.225 e. The number of aromatic hydroxyl groups is 1. The maximum atomic E-state index is 11.7. The lowest BCUT2D eigenvalue weighted by Gasteiger charge is -2.19. The van der Waals surface area contributed by atoms with Gasteiger partial charge >= 0.3 is 0 Å². The highest BCUT2D eigenvalue weighted by molar-refractivity contribution is 5.77. The number of amides is 1. The SMILES string of the molecule is Cc1ccc(O)c(CN(C)C(=O)C(C)C)n1. The van der Waals surface area contributed by atoms with Crippen molar-refractivity contribution >= 4 is 5.91 Å². The van der Waals surface area contributed by atoms with Crippen molar-refractivity contribution in [1.29, 1.82) is 0 Å². The highest BCUT2D eigenvalue weighted by Crippen LogP contribution is 2.16. The van der Waals surface area contributed by atoms with Crippen LogP contribution in [-0.2, 0) is 11.3 Å². The van der Waals surface area contributed by atoms with Crippen molar-refractivity contribution in [2.24, 2.45) is 5.92 Å². The first-order valence-electron chi connectivity index (χ1n) is 5.32. The summed E-state index contributed by atoms with van der Waals surface area (Å²) in [6.07, 6.45) is 0. The number of pyridine rings is 1. The molecule has 1 amide bonds.